The zero-order valence-electron chi connectivity index (χ0n) is 11.7. The van der Waals surface area contributed by atoms with Crippen molar-refractivity contribution < 1.29 is 4.74 Å². The fourth-order valence-electron chi connectivity index (χ4n) is 2.45. The summed E-state index contributed by atoms with van der Waals surface area (Å²) in [6.07, 6.45) is 0. The summed E-state index contributed by atoms with van der Waals surface area (Å²) in [5, 5.41) is 0. The van der Waals surface area contributed by atoms with Crippen molar-refractivity contribution in [3.8, 4) is 5.75 Å². The fourth-order valence-corrected chi connectivity index (χ4v) is 2.75. The molecule has 0 saturated heterocycles. The van der Waals surface area contributed by atoms with Crippen molar-refractivity contribution in [2.24, 2.45) is 0 Å². The van der Waals surface area contributed by atoms with Gasteiger partial charge in [0.1, 0.15) is 11.2 Å². The quantitative estimate of drug-likeness (QED) is 0.781. The predicted octanol–water partition coefficient (Wildman–Crippen LogP) is 3.86. The minimum atomic E-state index is 0.709. The number of aromatic nitrogens is 1. The minimum absolute atomic E-state index is 0.709. The van der Waals surface area contributed by atoms with E-state index in [2.05, 4.69) is 57.9 Å². The van der Waals surface area contributed by atoms with E-state index in [1.54, 1.807) is 0 Å². The summed E-state index contributed by atoms with van der Waals surface area (Å²) < 4.78 is 6.52. The second kappa shape index (κ2) is 5.44. The number of pyridine rings is 1. The number of hydrogen-bond acceptors (Lipinski definition) is 3. The van der Waals surface area contributed by atoms with Gasteiger partial charge in [0.25, 0.3) is 0 Å². The van der Waals surface area contributed by atoms with Crippen LogP contribution in [0.4, 0.5) is 5.82 Å². The second-order valence-corrected chi connectivity index (χ2v) is 5.97. The number of hydrogen-bond donors (Lipinski definition) is 0. The number of aryl methyl sites for hydroxylation is 2. The Morgan fingerprint density at radius 3 is 2.95 bits per heavy atom. The molecule has 1 aliphatic heterocycles. The van der Waals surface area contributed by atoms with Gasteiger partial charge in [-0.25, -0.2) is 4.98 Å². The van der Waals surface area contributed by atoms with E-state index in [4.69, 9.17) is 4.74 Å². The average Bonchev–Trinajstić information content (AvgIpc) is 2.43. The lowest BCUT2D eigenvalue weighted by molar-refractivity contribution is 0.304. The van der Waals surface area contributed by atoms with Gasteiger partial charge in [-0.15, -0.1) is 0 Å². The number of anilines is 1. The van der Waals surface area contributed by atoms with E-state index in [1.807, 2.05) is 12.1 Å². The van der Waals surface area contributed by atoms with E-state index in [-0.39, 0.29) is 0 Å². The van der Waals surface area contributed by atoms with Crippen molar-refractivity contribution in [1.29, 1.82) is 0 Å². The first-order valence-electron chi connectivity index (χ1n) is 6.74. The van der Waals surface area contributed by atoms with Crippen LogP contribution >= 0.6 is 15.9 Å². The molecule has 1 aliphatic rings. The van der Waals surface area contributed by atoms with Crippen molar-refractivity contribution in [2.45, 2.75) is 20.4 Å². The van der Waals surface area contributed by atoms with Crippen LogP contribution in [-0.2, 0) is 6.54 Å². The van der Waals surface area contributed by atoms with Gasteiger partial charge in [0.2, 0.25) is 0 Å². The molecule has 1 aromatic carbocycles. The molecule has 0 fully saturated rings. The highest BCUT2D eigenvalue weighted by atomic mass is 79.9. The van der Waals surface area contributed by atoms with Gasteiger partial charge in [-0.2, -0.15) is 0 Å². The van der Waals surface area contributed by atoms with Crippen LogP contribution in [0.3, 0.4) is 0 Å². The first kappa shape index (κ1) is 13.4. The maximum Gasteiger partial charge on any atom is 0.172 e. The lowest BCUT2D eigenvalue weighted by Crippen LogP contribution is -2.33. The number of halogens is 1. The average molecular weight is 333 g/mol. The van der Waals surface area contributed by atoms with Crippen LogP contribution in [0.25, 0.3) is 0 Å². The third-order valence-electron chi connectivity index (χ3n) is 3.59. The molecule has 0 amide bonds. The molecule has 0 unspecified atom stereocenters. The van der Waals surface area contributed by atoms with Gasteiger partial charge >= 0.3 is 0 Å². The molecule has 0 saturated carbocycles. The third-order valence-corrected chi connectivity index (χ3v) is 4.03. The van der Waals surface area contributed by atoms with Crippen LogP contribution in [0.2, 0.25) is 0 Å². The lowest BCUT2D eigenvalue weighted by Gasteiger charge is -2.30. The molecular formula is C16H17BrN2O. The molecule has 104 valence electrons. The number of rotatable bonds is 2. The molecule has 0 atom stereocenters. The van der Waals surface area contributed by atoms with Crippen LogP contribution in [0.15, 0.2) is 34.9 Å². The zero-order valence-corrected chi connectivity index (χ0v) is 13.3. The number of benzene rings is 1. The summed E-state index contributed by atoms with van der Waals surface area (Å²) in [6, 6.07) is 10.5. The molecular weight excluding hydrogens is 316 g/mol. The standard InChI is InChI=1S/C16H17BrN2O/c1-11-3-4-12(2)13(9-11)10-19-7-8-20-14-5-6-15(17)18-16(14)19/h3-6,9H,7-8,10H2,1-2H3. The normalized spacial score (nSPS) is 13.8. The Kier molecular flexibility index (Phi) is 3.66. The van der Waals surface area contributed by atoms with Gasteiger partial charge in [-0.05, 0) is 53.0 Å². The van der Waals surface area contributed by atoms with Crippen LogP contribution in [0.1, 0.15) is 16.7 Å². The van der Waals surface area contributed by atoms with E-state index in [1.165, 1.54) is 16.7 Å². The van der Waals surface area contributed by atoms with Gasteiger partial charge in [-0.1, -0.05) is 23.8 Å². The van der Waals surface area contributed by atoms with E-state index in [0.29, 0.717) is 6.61 Å². The predicted molar refractivity (Wildman–Crippen MR) is 84.4 cm³/mol. The maximum absolute atomic E-state index is 5.68. The first-order chi connectivity index (χ1) is 9.63. The van der Waals surface area contributed by atoms with Crippen molar-refractivity contribution in [2.75, 3.05) is 18.1 Å². The Morgan fingerprint density at radius 1 is 1.25 bits per heavy atom. The molecule has 3 rings (SSSR count). The van der Waals surface area contributed by atoms with Crippen molar-refractivity contribution in [1.82, 2.24) is 4.98 Å². The van der Waals surface area contributed by atoms with Crippen molar-refractivity contribution in [3.63, 3.8) is 0 Å². The number of fused-ring (bicyclic) bond motifs is 1. The molecule has 0 bridgehead atoms. The summed E-state index contributed by atoms with van der Waals surface area (Å²) in [7, 11) is 0. The molecule has 3 nitrogen and oxygen atoms in total. The van der Waals surface area contributed by atoms with Crippen LogP contribution in [-0.4, -0.2) is 18.1 Å². The summed E-state index contributed by atoms with van der Waals surface area (Å²) in [5.74, 6) is 1.79. The summed E-state index contributed by atoms with van der Waals surface area (Å²) in [4.78, 5) is 6.84. The summed E-state index contributed by atoms with van der Waals surface area (Å²) in [5.41, 5.74) is 3.96. The van der Waals surface area contributed by atoms with Crippen LogP contribution in [0.5, 0.6) is 5.75 Å². The molecule has 0 N–H and O–H groups in total. The maximum atomic E-state index is 5.68. The van der Waals surface area contributed by atoms with E-state index in [0.717, 1.165) is 29.3 Å². The monoisotopic (exact) mass is 332 g/mol. The Hall–Kier alpha value is -1.55. The molecule has 4 heteroatoms. The van der Waals surface area contributed by atoms with Crippen molar-refractivity contribution in [3.05, 3.63) is 51.6 Å². The number of nitrogens with zero attached hydrogens (tertiary/aromatic N) is 2. The minimum Gasteiger partial charge on any atom is -0.488 e. The Bertz CT molecular complexity index is 642. The van der Waals surface area contributed by atoms with Crippen LogP contribution < -0.4 is 9.64 Å². The Morgan fingerprint density at radius 2 is 2.10 bits per heavy atom. The largest absolute Gasteiger partial charge is 0.488 e. The SMILES string of the molecule is Cc1ccc(C)c(CN2CCOc3ccc(Br)nc32)c1. The Balaban J connectivity index is 1.93. The molecule has 2 aromatic rings. The highest BCUT2D eigenvalue weighted by Gasteiger charge is 2.20. The molecule has 0 spiro atoms. The smallest absolute Gasteiger partial charge is 0.172 e. The van der Waals surface area contributed by atoms with Gasteiger partial charge < -0.3 is 9.64 Å². The van der Waals surface area contributed by atoms with Gasteiger partial charge in [0.05, 0.1) is 6.54 Å². The molecule has 1 aromatic heterocycles. The van der Waals surface area contributed by atoms with Crippen LogP contribution in [0, 0.1) is 13.8 Å². The second-order valence-electron chi connectivity index (χ2n) is 5.16. The zero-order chi connectivity index (χ0) is 14.1. The molecule has 2 heterocycles. The van der Waals surface area contributed by atoms with E-state index < -0.39 is 0 Å². The molecule has 0 aliphatic carbocycles. The summed E-state index contributed by atoms with van der Waals surface area (Å²) >= 11 is 3.44. The fraction of sp³-hybridized carbons (Fsp3) is 0.312. The van der Waals surface area contributed by atoms with Gasteiger partial charge in [0.15, 0.2) is 11.6 Å². The topological polar surface area (TPSA) is 25.4 Å². The van der Waals surface area contributed by atoms with Gasteiger partial charge in [-0.3, -0.25) is 0 Å². The van der Waals surface area contributed by atoms with E-state index >= 15 is 0 Å². The first-order valence-corrected chi connectivity index (χ1v) is 7.53. The third kappa shape index (κ3) is 2.66. The van der Waals surface area contributed by atoms with Crippen molar-refractivity contribution >= 4 is 21.7 Å². The number of ether oxygens (including phenoxy) is 1. The highest BCUT2D eigenvalue weighted by molar-refractivity contribution is 9.10. The van der Waals surface area contributed by atoms with E-state index in [9.17, 15) is 0 Å². The summed E-state index contributed by atoms with van der Waals surface area (Å²) in [6.45, 7) is 6.73. The molecule has 20 heavy (non-hydrogen) atoms. The Labute approximate surface area is 127 Å². The highest BCUT2D eigenvalue weighted by Crippen LogP contribution is 2.32. The van der Waals surface area contributed by atoms with Gasteiger partial charge in [0, 0.05) is 6.54 Å². The molecule has 0 radical (unpaired) electrons. The lowest BCUT2D eigenvalue weighted by atomic mass is 10.1.